The number of halogens is 1. The van der Waals surface area contributed by atoms with E-state index in [1.807, 2.05) is 24.3 Å². The van der Waals surface area contributed by atoms with E-state index >= 15 is 0 Å². The summed E-state index contributed by atoms with van der Waals surface area (Å²) in [5.41, 5.74) is 1.49. The molecule has 0 radical (unpaired) electrons. The lowest BCUT2D eigenvalue weighted by Gasteiger charge is -2.32. The maximum atomic E-state index is 12.6. The van der Waals surface area contributed by atoms with Gasteiger partial charge in [-0.05, 0) is 36.4 Å². The van der Waals surface area contributed by atoms with Crippen molar-refractivity contribution in [3.05, 3.63) is 52.6 Å². The van der Waals surface area contributed by atoms with Crippen molar-refractivity contribution in [2.75, 3.05) is 31.5 Å². The topological polar surface area (TPSA) is 65.5 Å². The van der Waals surface area contributed by atoms with Gasteiger partial charge in [-0.2, -0.15) is 0 Å². The monoisotopic (exact) mass is 388 g/mol. The van der Waals surface area contributed by atoms with Crippen LogP contribution in [-0.4, -0.2) is 53.3 Å². The molecule has 2 aromatic rings. The summed E-state index contributed by atoms with van der Waals surface area (Å²) in [4.78, 5) is 31.1. The highest BCUT2D eigenvalue weighted by molar-refractivity contribution is 9.10. The van der Waals surface area contributed by atoms with Gasteiger partial charge in [-0.3, -0.25) is 9.59 Å². The third-order valence-corrected chi connectivity index (χ3v) is 4.40. The van der Waals surface area contributed by atoms with Crippen LogP contribution in [0.15, 0.2) is 47.1 Å². The first-order valence-corrected chi connectivity index (χ1v) is 8.42. The molecule has 6 nitrogen and oxygen atoms in total. The summed E-state index contributed by atoms with van der Waals surface area (Å²) in [5.74, 6) is 0.580. The molecule has 0 spiro atoms. The summed E-state index contributed by atoms with van der Waals surface area (Å²) in [6.07, 6.45) is 2.45. The van der Waals surface area contributed by atoms with Gasteiger partial charge in [0.15, 0.2) is 0 Å². The molecule has 7 heteroatoms. The first-order valence-electron chi connectivity index (χ1n) is 7.63. The van der Waals surface area contributed by atoms with E-state index in [-0.39, 0.29) is 5.91 Å². The lowest BCUT2D eigenvalue weighted by molar-refractivity contribution is -0.119. The lowest BCUT2D eigenvalue weighted by Crippen LogP contribution is -2.48. The predicted molar refractivity (Wildman–Crippen MR) is 95.2 cm³/mol. The Hall–Kier alpha value is -2.41. The van der Waals surface area contributed by atoms with Crippen molar-refractivity contribution in [3.8, 4) is 0 Å². The third-order valence-electron chi connectivity index (χ3n) is 3.87. The summed E-state index contributed by atoms with van der Waals surface area (Å²) in [7, 11) is 0. The molecule has 0 bridgehead atoms. The van der Waals surface area contributed by atoms with Crippen LogP contribution in [0, 0.1) is 0 Å². The Labute approximate surface area is 148 Å². The summed E-state index contributed by atoms with van der Waals surface area (Å²) in [6.45, 7) is 2.25. The lowest BCUT2D eigenvalue weighted by atomic mass is 10.2. The first-order chi connectivity index (χ1) is 11.7. The molecule has 124 valence electrons. The third kappa shape index (κ3) is 3.91. The number of benzene rings is 1. The van der Waals surface area contributed by atoms with E-state index in [1.165, 1.54) is 0 Å². The van der Waals surface area contributed by atoms with Crippen LogP contribution < -0.4 is 5.32 Å². The molecule has 2 amide bonds. The maximum Gasteiger partial charge on any atom is 0.254 e. The van der Waals surface area contributed by atoms with Gasteiger partial charge in [0.2, 0.25) is 6.41 Å². The number of pyridine rings is 1. The second-order valence-electron chi connectivity index (χ2n) is 5.50. The van der Waals surface area contributed by atoms with Crippen molar-refractivity contribution in [3.63, 3.8) is 0 Å². The van der Waals surface area contributed by atoms with Crippen molar-refractivity contribution < 1.29 is 9.59 Å². The molecule has 2 heterocycles. The minimum atomic E-state index is -0.0400. The molecule has 0 saturated carbocycles. The number of hydrogen-bond donors (Lipinski definition) is 1. The molecule has 1 aliphatic rings. The number of nitrogens with one attached hydrogen (secondary N) is 1. The van der Waals surface area contributed by atoms with E-state index in [0.29, 0.717) is 37.6 Å². The van der Waals surface area contributed by atoms with Crippen molar-refractivity contribution in [1.29, 1.82) is 0 Å². The van der Waals surface area contributed by atoms with Gasteiger partial charge >= 0.3 is 0 Å². The van der Waals surface area contributed by atoms with Gasteiger partial charge in [-0.1, -0.05) is 15.9 Å². The molecule has 1 fully saturated rings. The molecular formula is C17H17BrN4O2. The molecule has 0 aliphatic carbocycles. The molecule has 0 unspecified atom stereocenters. The summed E-state index contributed by atoms with van der Waals surface area (Å²) < 4.78 is 0.999. The molecule has 1 aromatic carbocycles. The Morgan fingerprint density at radius 2 is 1.83 bits per heavy atom. The average molecular weight is 389 g/mol. The highest BCUT2D eigenvalue weighted by Crippen LogP contribution is 2.19. The second kappa shape index (κ2) is 7.44. The molecule has 1 aromatic heterocycles. The van der Waals surface area contributed by atoms with E-state index in [4.69, 9.17) is 0 Å². The quantitative estimate of drug-likeness (QED) is 0.817. The van der Waals surface area contributed by atoms with Crippen LogP contribution in [0.25, 0.3) is 0 Å². The zero-order valence-electron chi connectivity index (χ0n) is 13.0. The fourth-order valence-corrected chi connectivity index (χ4v) is 2.79. The van der Waals surface area contributed by atoms with Crippen LogP contribution in [0.5, 0.6) is 0 Å². The van der Waals surface area contributed by atoms with Gasteiger partial charge in [-0.25, -0.2) is 4.98 Å². The van der Waals surface area contributed by atoms with Crippen molar-refractivity contribution in [2.45, 2.75) is 0 Å². The van der Waals surface area contributed by atoms with Gasteiger partial charge in [0, 0.05) is 48.1 Å². The Kier molecular flexibility index (Phi) is 5.10. The number of rotatable bonds is 4. The zero-order chi connectivity index (χ0) is 16.9. The number of piperazine rings is 1. The first kappa shape index (κ1) is 16.4. The Morgan fingerprint density at radius 3 is 2.50 bits per heavy atom. The van der Waals surface area contributed by atoms with Crippen LogP contribution in [0.3, 0.4) is 0 Å². The van der Waals surface area contributed by atoms with Crippen LogP contribution in [0.1, 0.15) is 10.4 Å². The molecule has 0 atom stereocenters. The normalized spacial score (nSPS) is 14.4. The number of anilines is 2. The predicted octanol–water partition coefficient (Wildman–Crippen LogP) is 2.50. The fraction of sp³-hybridized carbons (Fsp3) is 0.235. The standard InChI is InChI=1S/C17H17BrN4O2/c18-14-1-3-15(4-2-14)20-16-11-13(5-6-19-16)17(24)22-9-7-21(12-23)8-10-22/h1-6,11-12H,7-10H2,(H,19,20). The van der Waals surface area contributed by atoms with Crippen LogP contribution in [0.2, 0.25) is 0 Å². The van der Waals surface area contributed by atoms with Crippen molar-refractivity contribution in [1.82, 2.24) is 14.8 Å². The molecular weight excluding hydrogens is 372 g/mol. The number of carbonyl (C=O) groups is 2. The highest BCUT2D eigenvalue weighted by Gasteiger charge is 2.21. The van der Waals surface area contributed by atoms with E-state index in [1.54, 1.807) is 28.1 Å². The molecule has 3 rings (SSSR count). The Balaban J connectivity index is 1.69. The van der Waals surface area contributed by atoms with Gasteiger partial charge in [0.05, 0.1) is 0 Å². The number of carbonyl (C=O) groups excluding carboxylic acids is 2. The van der Waals surface area contributed by atoms with E-state index in [0.717, 1.165) is 16.6 Å². The second-order valence-corrected chi connectivity index (χ2v) is 6.41. The Morgan fingerprint density at radius 1 is 1.12 bits per heavy atom. The molecule has 24 heavy (non-hydrogen) atoms. The maximum absolute atomic E-state index is 12.6. The summed E-state index contributed by atoms with van der Waals surface area (Å²) >= 11 is 3.40. The molecule has 1 aliphatic heterocycles. The fourth-order valence-electron chi connectivity index (χ4n) is 2.53. The van der Waals surface area contributed by atoms with Gasteiger partial charge in [-0.15, -0.1) is 0 Å². The number of hydrogen-bond acceptors (Lipinski definition) is 4. The van der Waals surface area contributed by atoms with E-state index in [2.05, 4.69) is 26.2 Å². The van der Waals surface area contributed by atoms with Crippen LogP contribution >= 0.6 is 15.9 Å². The minimum Gasteiger partial charge on any atom is -0.342 e. The van der Waals surface area contributed by atoms with Gasteiger partial charge < -0.3 is 15.1 Å². The smallest absolute Gasteiger partial charge is 0.254 e. The number of nitrogens with zero attached hydrogens (tertiary/aromatic N) is 3. The van der Waals surface area contributed by atoms with Crippen LogP contribution in [-0.2, 0) is 4.79 Å². The zero-order valence-corrected chi connectivity index (χ0v) is 14.6. The van der Waals surface area contributed by atoms with Crippen molar-refractivity contribution >= 4 is 39.8 Å². The molecule has 1 N–H and O–H groups in total. The van der Waals surface area contributed by atoms with E-state index < -0.39 is 0 Å². The number of aromatic nitrogens is 1. The highest BCUT2D eigenvalue weighted by atomic mass is 79.9. The largest absolute Gasteiger partial charge is 0.342 e. The SMILES string of the molecule is O=CN1CCN(C(=O)c2ccnc(Nc3ccc(Br)cc3)c2)CC1. The number of amides is 2. The summed E-state index contributed by atoms with van der Waals surface area (Å²) in [5, 5.41) is 3.19. The minimum absolute atomic E-state index is 0.0400. The van der Waals surface area contributed by atoms with Gasteiger partial charge in [0.1, 0.15) is 5.82 Å². The van der Waals surface area contributed by atoms with E-state index in [9.17, 15) is 9.59 Å². The summed E-state index contributed by atoms with van der Waals surface area (Å²) in [6, 6.07) is 11.2. The van der Waals surface area contributed by atoms with Crippen LogP contribution in [0.4, 0.5) is 11.5 Å². The average Bonchev–Trinajstić information content (AvgIpc) is 2.63. The van der Waals surface area contributed by atoms with Gasteiger partial charge in [0.25, 0.3) is 5.91 Å². The Bertz CT molecular complexity index is 728. The van der Waals surface area contributed by atoms with Crippen molar-refractivity contribution in [2.24, 2.45) is 0 Å². The molecule has 1 saturated heterocycles.